The van der Waals surface area contributed by atoms with Crippen LogP contribution in [0.1, 0.15) is 10.4 Å². The number of thiazole rings is 1. The number of benzene rings is 2. The predicted octanol–water partition coefficient (Wildman–Crippen LogP) is 4.55. The van der Waals surface area contributed by atoms with Gasteiger partial charge in [-0.1, -0.05) is 77.2 Å². The van der Waals surface area contributed by atoms with E-state index in [9.17, 15) is 9.59 Å². The molecule has 0 aliphatic rings. The van der Waals surface area contributed by atoms with Crippen LogP contribution < -0.4 is 10.6 Å². The van der Waals surface area contributed by atoms with Gasteiger partial charge in [-0.05, 0) is 12.1 Å². The first-order valence-corrected chi connectivity index (χ1v) is 10.2. The maximum Gasteiger partial charge on any atom is 0.257 e. The van der Waals surface area contributed by atoms with Crippen LogP contribution in [0.25, 0.3) is 11.3 Å². The Kier molecular flexibility index (Phi) is 6.49. The minimum atomic E-state index is -0.302. The zero-order valence-electron chi connectivity index (χ0n) is 14.4. The van der Waals surface area contributed by atoms with Crippen LogP contribution in [0, 0.1) is 0 Å². The van der Waals surface area contributed by atoms with Gasteiger partial charge >= 0.3 is 0 Å². The molecule has 2 N–H and O–H groups in total. The van der Waals surface area contributed by atoms with Crippen molar-refractivity contribution >= 4 is 51.5 Å². The third-order valence-corrected chi connectivity index (χ3v) is 6.05. The summed E-state index contributed by atoms with van der Waals surface area (Å²) < 4.78 is 0.701. The molecule has 1 heterocycles. The average molecular weight is 418 g/mol. The monoisotopic (exact) mass is 417 g/mol. The van der Waals surface area contributed by atoms with E-state index in [0.717, 1.165) is 5.56 Å². The fraction of sp³-hybridized carbons (Fsp3) is 0.105. The second-order valence-electron chi connectivity index (χ2n) is 5.42. The molecule has 0 atom stereocenters. The van der Waals surface area contributed by atoms with Crippen molar-refractivity contribution < 1.29 is 9.59 Å². The van der Waals surface area contributed by atoms with E-state index in [2.05, 4.69) is 15.6 Å². The highest BCUT2D eigenvalue weighted by atomic mass is 35.5. The van der Waals surface area contributed by atoms with Gasteiger partial charge in [0.05, 0.1) is 16.3 Å². The van der Waals surface area contributed by atoms with Gasteiger partial charge in [0.1, 0.15) is 10.7 Å². The number of nitrogens with one attached hydrogen (secondary N) is 2. The number of amides is 2. The molecule has 0 saturated carbocycles. The molecule has 0 aliphatic carbocycles. The second-order valence-corrected chi connectivity index (χ2v) is 8.05. The highest BCUT2D eigenvalue weighted by Gasteiger charge is 2.18. The molecule has 0 bridgehead atoms. The first-order valence-electron chi connectivity index (χ1n) is 8.04. The number of anilines is 1. The lowest BCUT2D eigenvalue weighted by molar-refractivity contribution is -0.118. The number of hydrogen-bond donors (Lipinski definition) is 2. The molecule has 5 nitrogen and oxygen atoms in total. The predicted molar refractivity (Wildman–Crippen MR) is 112 cm³/mol. The minimum Gasteiger partial charge on any atom is -0.358 e. The van der Waals surface area contributed by atoms with E-state index in [4.69, 9.17) is 11.6 Å². The van der Waals surface area contributed by atoms with E-state index in [0.29, 0.717) is 25.6 Å². The Labute approximate surface area is 170 Å². The lowest BCUT2D eigenvalue weighted by Gasteiger charge is -2.06. The molecule has 2 amide bonds. The van der Waals surface area contributed by atoms with Gasteiger partial charge in [0.2, 0.25) is 5.91 Å². The lowest BCUT2D eigenvalue weighted by Crippen LogP contribution is -2.19. The maximum absolute atomic E-state index is 12.7. The summed E-state index contributed by atoms with van der Waals surface area (Å²) in [5, 5.41) is 6.49. The van der Waals surface area contributed by atoms with E-state index in [-0.39, 0.29) is 17.6 Å². The van der Waals surface area contributed by atoms with Crippen molar-refractivity contribution in [1.82, 2.24) is 10.3 Å². The van der Waals surface area contributed by atoms with Crippen LogP contribution in [-0.2, 0) is 4.79 Å². The van der Waals surface area contributed by atoms with Gasteiger partial charge in [-0.2, -0.15) is 0 Å². The van der Waals surface area contributed by atoms with Crippen molar-refractivity contribution in [2.45, 2.75) is 4.34 Å². The molecule has 138 valence electrons. The summed E-state index contributed by atoms with van der Waals surface area (Å²) in [6, 6.07) is 16.5. The molecule has 0 saturated heterocycles. The van der Waals surface area contributed by atoms with Crippen LogP contribution in [0.15, 0.2) is 58.9 Å². The molecule has 27 heavy (non-hydrogen) atoms. The summed E-state index contributed by atoms with van der Waals surface area (Å²) in [5.41, 5.74) is 1.95. The van der Waals surface area contributed by atoms with Crippen LogP contribution >= 0.6 is 34.7 Å². The van der Waals surface area contributed by atoms with Crippen molar-refractivity contribution in [1.29, 1.82) is 0 Å². The zero-order chi connectivity index (χ0) is 19.2. The zero-order valence-corrected chi connectivity index (χ0v) is 16.8. The van der Waals surface area contributed by atoms with Crippen LogP contribution in [0.2, 0.25) is 5.02 Å². The second kappa shape index (κ2) is 9.03. The van der Waals surface area contributed by atoms with Gasteiger partial charge in [-0.25, -0.2) is 4.98 Å². The Morgan fingerprint density at radius 3 is 2.52 bits per heavy atom. The number of thioether (sulfide) groups is 1. The summed E-state index contributed by atoms with van der Waals surface area (Å²) in [5.74, 6) is -0.127. The van der Waals surface area contributed by atoms with Crippen LogP contribution in [0.5, 0.6) is 0 Å². The topological polar surface area (TPSA) is 71.1 Å². The van der Waals surface area contributed by atoms with Crippen LogP contribution in [-0.4, -0.2) is 29.6 Å². The van der Waals surface area contributed by atoms with Crippen LogP contribution in [0.3, 0.4) is 0 Å². The SMILES string of the molecule is CNC(=O)CSc1nc(-c2ccccc2)c(NC(=O)c2ccccc2Cl)s1. The van der Waals surface area contributed by atoms with Gasteiger partial charge in [0.25, 0.3) is 5.91 Å². The van der Waals surface area contributed by atoms with Crippen molar-refractivity contribution in [3.8, 4) is 11.3 Å². The van der Waals surface area contributed by atoms with Gasteiger partial charge in [0, 0.05) is 12.6 Å². The summed E-state index contributed by atoms with van der Waals surface area (Å²) in [6.45, 7) is 0. The minimum absolute atomic E-state index is 0.0851. The van der Waals surface area contributed by atoms with Crippen molar-refractivity contribution in [2.24, 2.45) is 0 Å². The first kappa shape index (κ1) is 19.4. The summed E-state index contributed by atoms with van der Waals surface area (Å²) in [4.78, 5) is 28.8. The highest BCUT2D eigenvalue weighted by Crippen LogP contribution is 2.38. The third-order valence-electron chi connectivity index (χ3n) is 3.61. The Morgan fingerprint density at radius 1 is 1.11 bits per heavy atom. The van der Waals surface area contributed by atoms with Gasteiger partial charge in [0.15, 0.2) is 4.34 Å². The molecule has 0 aliphatic heterocycles. The standard InChI is InChI=1S/C19H16ClN3O2S2/c1-21-15(24)11-26-19-22-16(12-7-3-2-4-8-12)18(27-19)23-17(25)13-9-5-6-10-14(13)20/h2-10H,11H2,1H3,(H,21,24)(H,23,25). The molecule has 0 unspecified atom stereocenters. The molecule has 3 aromatic rings. The molecule has 8 heteroatoms. The number of carbonyl (C=O) groups is 2. The number of nitrogens with zero attached hydrogens (tertiary/aromatic N) is 1. The molecular formula is C19H16ClN3O2S2. The molecular weight excluding hydrogens is 402 g/mol. The Morgan fingerprint density at radius 2 is 1.81 bits per heavy atom. The first-order chi connectivity index (χ1) is 13.1. The molecule has 1 aromatic heterocycles. The van der Waals surface area contributed by atoms with E-state index in [1.165, 1.54) is 23.1 Å². The lowest BCUT2D eigenvalue weighted by atomic mass is 10.1. The van der Waals surface area contributed by atoms with Gasteiger partial charge < -0.3 is 10.6 Å². The van der Waals surface area contributed by atoms with Crippen LogP contribution in [0.4, 0.5) is 5.00 Å². The van der Waals surface area contributed by atoms with Crippen molar-refractivity contribution in [3.05, 3.63) is 65.2 Å². The summed E-state index contributed by atoms with van der Waals surface area (Å²) in [6.07, 6.45) is 0. The van der Waals surface area contributed by atoms with Gasteiger partial charge in [-0.3, -0.25) is 9.59 Å². The Hall–Kier alpha value is -2.35. The Balaban J connectivity index is 1.90. The number of rotatable bonds is 6. The van der Waals surface area contributed by atoms with E-state index in [1.54, 1.807) is 31.3 Å². The number of aromatic nitrogens is 1. The fourth-order valence-corrected chi connectivity index (χ4v) is 4.41. The molecule has 0 fully saturated rings. The van der Waals surface area contributed by atoms with Crippen molar-refractivity contribution in [2.75, 3.05) is 18.1 Å². The molecule has 2 aromatic carbocycles. The largest absolute Gasteiger partial charge is 0.358 e. The van der Waals surface area contributed by atoms with E-state index >= 15 is 0 Å². The fourth-order valence-electron chi connectivity index (χ4n) is 2.25. The number of hydrogen-bond acceptors (Lipinski definition) is 5. The van der Waals surface area contributed by atoms with E-state index in [1.807, 2.05) is 30.3 Å². The summed E-state index contributed by atoms with van der Waals surface area (Å²) in [7, 11) is 1.59. The van der Waals surface area contributed by atoms with E-state index < -0.39 is 0 Å². The smallest absolute Gasteiger partial charge is 0.257 e. The third kappa shape index (κ3) is 4.88. The quantitative estimate of drug-likeness (QED) is 0.577. The van der Waals surface area contributed by atoms with Gasteiger partial charge in [-0.15, -0.1) is 0 Å². The Bertz CT molecular complexity index is 961. The number of carbonyl (C=O) groups excluding carboxylic acids is 2. The summed E-state index contributed by atoms with van der Waals surface area (Å²) >= 11 is 8.79. The maximum atomic E-state index is 12.7. The van der Waals surface area contributed by atoms with Crippen molar-refractivity contribution in [3.63, 3.8) is 0 Å². The molecule has 0 spiro atoms. The highest BCUT2D eigenvalue weighted by molar-refractivity contribution is 8.01. The molecule has 3 rings (SSSR count). The normalized spacial score (nSPS) is 10.4. The number of halogens is 1. The molecule has 0 radical (unpaired) electrons. The average Bonchev–Trinajstić information content (AvgIpc) is 3.09.